The second kappa shape index (κ2) is 4.67. The number of nitrogens with one attached hydrogen (secondary N) is 1. The zero-order valence-corrected chi connectivity index (χ0v) is 12.3. The van der Waals surface area contributed by atoms with Gasteiger partial charge in [0.15, 0.2) is 10.7 Å². The molecule has 1 heterocycles. The third kappa shape index (κ3) is 2.45. The van der Waals surface area contributed by atoms with Gasteiger partial charge < -0.3 is 11.1 Å². The lowest BCUT2D eigenvalue weighted by molar-refractivity contribution is 0.521. The molecule has 8 heteroatoms. The molecule has 1 saturated carbocycles. The van der Waals surface area contributed by atoms with E-state index in [1.807, 2.05) is 0 Å². The van der Waals surface area contributed by atoms with Gasteiger partial charge in [0.1, 0.15) is 5.00 Å². The van der Waals surface area contributed by atoms with Crippen molar-refractivity contribution in [1.29, 1.82) is 0 Å². The van der Waals surface area contributed by atoms with Crippen LogP contribution in [0, 0.1) is 11.8 Å². The van der Waals surface area contributed by atoms with Crippen LogP contribution < -0.4 is 11.1 Å². The molecule has 0 spiro atoms. The van der Waals surface area contributed by atoms with Crippen molar-refractivity contribution >= 4 is 32.4 Å². The van der Waals surface area contributed by atoms with E-state index in [2.05, 4.69) is 16.6 Å². The summed E-state index contributed by atoms with van der Waals surface area (Å²) < 4.78 is 29.3. The van der Waals surface area contributed by atoms with E-state index in [-0.39, 0.29) is 10.7 Å². The van der Waals surface area contributed by atoms with E-state index < -0.39 is 10.0 Å². The van der Waals surface area contributed by atoms with E-state index in [9.17, 15) is 8.42 Å². The molecule has 6 nitrogen and oxygen atoms in total. The average Bonchev–Trinajstić information content (AvgIpc) is 2.84. The molecule has 0 radical (unpaired) electrons. The lowest BCUT2D eigenvalue weighted by atomic mass is 10.3. The van der Waals surface area contributed by atoms with Gasteiger partial charge in [-0.1, -0.05) is 6.92 Å². The van der Waals surface area contributed by atoms with Gasteiger partial charge in [-0.3, -0.25) is 0 Å². The highest BCUT2D eigenvalue weighted by molar-refractivity contribution is 7.89. The molecule has 1 aliphatic carbocycles. The Morgan fingerprint density at radius 2 is 2.17 bits per heavy atom. The summed E-state index contributed by atoms with van der Waals surface area (Å²) in [6.45, 7) is 2.96. The van der Waals surface area contributed by atoms with Crippen molar-refractivity contribution in [3.05, 3.63) is 0 Å². The third-order valence-electron chi connectivity index (χ3n) is 3.21. The van der Waals surface area contributed by atoms with Crippen LogP contribution in [0.2, 0.25) is 0 Å². The molecule has 2 unspecified atom stereocenters. The number of anilines is 2. The van der Waals surface area contributed by atoms with E-state index in [1.54, 1.807) is 0 Å². The second-order valence-electron chi connectivity index (χ2n) is 4.87. The summed E-state index contributed by atoms with van der Waals surface area (Å²) in [6, 6.07) is 0. The molecule has 0 amide bonds. The average molecular weight is 290 g/mol. The monoisotopic (exact) mass is 290 g/mol. The van der Waals surface area contributed by atoms with Crippen LogP contribution in [0.15, 0.2) is 4.90 Å². The van der Waals surface area contributed by atoms with Gasteiger partial charge in [-0.2, -0.15) is 4.37 Å². The Morgan fingerprint density at radius 1 is 1.56 bits per heavy atom. The Morgan fingerprint density at radius 3 is 2.67 bits per heavy atom. The molecule has 2 rings (SSSR count). The summed E-state index contributed by atoms with van der Waals surface area (Å²) in [5.74, 6) is 1.42. The molecule has 0 bridgehead atoms. The fraction of sp³-hybridized carbons (Fsp3) is 0.700. The van der Waals surface area contributed by atoms with Crippen LogP contribution in [0.5, 0.6) is 0 Å². The molecular formula is C10H18N4O2S2. The number of nitrogens with zero attached hydrogens (tertiary/aromatic N) is 2. The minimum atomic E-state index is -3.54. The van der Waals surface area contributed by atoms with Gasteiger partial charge in [-0.15, -0.1) is 0 Å². The molecule has 1 aliphatic rings. The predicted octanol–water partition coefficient (Wildman–Crippen LogP) is 1.04. The largest absolute Gasteiger partial charge is 0.382 e. The highest BCUT2D eigenvalue weighted by Crippen LogP contribution is 2.39. The summed E-state index contributed by atoms with van der Waals surface area (Å²) in [4.78, 5) is 0.103. The molecule has 18 heavy (non-hydrogen) atoms. The first-order chi connectivity index (χ1) is 8.34. The number of hydrogen-bond acceptors (Lipinski definition) is 6. The van der Waals surface area contributed by atoms with Crippen LogP contribution in [0.25, 0.3) is 0 Å². The maximum absolute atomic E-state index is 12.1. The SMILES string of the molecule is CC1CC1CNc1snc(N)c1S(=O)(=O)N(C)C. The molecule has 1 aromatic rings. The first-order valence-corrected chi connectivity index (χ1v) is 7.97. The van der Waals surface area contributed by atoms with Crippen LogP contribution in [0.3, 0.4) is 0 Å². The van der Waals surface area contributed by atoms with Crippen molar-refractivity contribution in [3.8, 4) is 0 Å². The van der Waals surface area contributed by atoms with Gasteiger partial charge in [0.2, 0.25) is 10.0 Å². The van der Waals surface area contributed by atoms with E-state index in [0.717, 1.165) is 28.3 Å². The smallest absolute Gasteiger partial charge is 0.249 e. The zero-order chi connectivity index (χ0) is 13.5. The number of sulfonamides is 1. The fourth-order valence-corrected chi connectivity index (χ4v) is 3.83. The Kier molecular flexibility index (Phi) is 3.52. The van der Waals surface area contributed by atoms with E-state index in [1.165, 1.54) is 20.5 Å². The number of rotatable bonds is 5. The Labute approximate surface area is 111 Å². The molecule has 0 aliphatic heterocycles. The van der Waals surface area contributed by atoms with Gasteiger partial charge >= 0.3 is 0 Å². The lowest BCUT2D eigenvalue weighted by Crippen LogP contribution is -2.23. The normalized spacial score (nSPS) is 23.3. The maximum atomic E-state index is 12.1. The maximum Gasteiger partial charge on any atom is 0.249 e. The molecule has 2 atom stereocenters. The number of aromatic nitrogens is 1. The van der Waals surface area contributed by atoms with Crippen LogP contribution in [-0.4, -0.2) is 37.7 Å². The standard InChI is InChI=1S/C10H18N4O2S2/c1-6-4-7(6)5-12-10-8(9(11)13-17-10)18(15,16)14(2)3/h6-7,12H,4-5H2,1-3H3,(H2,11,13). The van der Waals surface area contributed by atoms with Gasteiger partial charge in [0, 0.05) is 20.6 Å². The topological polar surface area (TPSA) is 88.3 Å². The minimum absolute atomic E-state index is 0.0695. The second-order valence-corrected chi connectivity index (χ2v) is 7.73. The first kappa shape index (κ1) is 13.6. The quantitative estimate of drug-likeness (QED) is 0.846. The minimum Gasteiger partial charge on any atom is -0.382 e. The Bertz CT molecular complexity index is 538. The molecule has 0 saturated heterocycles. The zero-order valence-electron chi connectivity index (χ0n) is 10.7. The van der Waals surface area contributed by atoms with Crippen molar-refractivity contribution in [2.45, 2.75) is 18.2 Å². The molecule has 0 aromatic carbocycles. The molecular weight excluding hydrogens is 272 g/mol. The summed E-state index contributed by atoms with van der Waals surface area (Å²) in [7, 11) is -0.572. The number of nitrogen functional groups attached to an aromatic ring is 1. The summed E-state index contributed by atoms with van der Waals surface area (Å²) in [5.41, 5.74) is 5.67. The molecule has 102 valence electrons. The Hall–Kier alpha value is -0.860. The molecule has 1 fully saturated rings. The first-order valence-electron chi connectivity index (χ1n) is 5.75. The van der Waals surface area contributed by atoms with Gasteiger partial charge in [-0.05, 0) is 29.8 Å². The van der Waals surface area contributed by atoms with Crippen molar-refractivity contribution in [2.24, 2.45) is 11.8 Å². The fourth-order valence-electron chi connectivity index (χ4n) is 1.75. The molecule has 1 aromatic heterocycles. The van der Waals surface area contributed by atoms with E-state index >= 15 is 0 Å². The predicted molar refractivity (Wildman–Crippen MR) is 73.2 cm³/mol. The lowest BCUT2D eigenvalue weighted by Gasteiger charge is -2.12. The van der Waals surface area contributed by atoms with Crippen LogP contribution >= 0.6 is 11.5 Å². The van der Waals surface area contributed by atoms with Crippen molar-refractivity contribution < 1.29 is 8.42 Å². The highest BCUT2D eigenvalue weighted by Gasteiger charge is 2.33. The molecule has 3 N–H and O–H groups in total. The summed E-state index contributed by atoms with van der Waals surface area (Å²) >= 11 is 1.10. The van der Waals surface area contributed by atoms with Crippen molar-refractivity contribution in [3.63, 3.8) is 0 Å². The van der Waals surface area contributed by atoms with Gasteiger partial charge in [0.25, 0.3) is 0 Å². The Balaban J connectivity index is 2.21. The summed E-state index contributed by atoms with van der Waals surface area (Å²) in [5, 5.41) is 3.70. The van der Waals surface area contributed by atoms with Crippen LogP contribution in [-0.2, 0) is 10.0 Å². The van der Waals surface area contributed by atoms with Crippen molar-refractivity contribution in [2.75, 3.05) is 31.7 Å². The highest BCUT2D eigenvalue weighted by atomic mass is 32.2. The third-order valence-corrected chi connectivity index (χ3v) is 6.05. The van der Waals surface area contributed by atoms with Gasteiger partial charge in [-0.25, -0.2) is 12.7 Å². The summed E-state index contributed by atoms with van der Waals surface area (Å²) in [6.07, 6.45) is 1.19. The number of nitrogens with two attached hydrogens (primary N) is 1. The van der Waals surface area contributed by atoms with Gasteiger partial charge in [0.05, 0.1) is 0 Å². The van der Waals surface area contributed by atoms with Crippen LogP contribution in [0.4, 0.5) is 10.8 Å². The van der Waals surface area contributed by atoms with Crippen molar-refractivity contribution in [1.82, 2.24) is 8.68 Å². The van der Waals surface area contributed by atoms with E-state index in [0.29, 0.717) is 10.9 Å². The van der Waals surface area contributed by atoms with E-state index in [4.69, 9.17) is 5.73 Å². The number of hydrogen-bond donors (Lipinski definition) is 2. The van der Waals surface area contributed by atoms with Crippen LogP contribution in [0.1, 0.15) is 13.3 Å².